The van der Waals surface area contributed by atoms with Crippen LogP contribution in [-0.2, 0) is 0 Å². The SMILES string of the molecule is O=[N+]([O-])C1=CC(F)=C(F)C(F)C1. The number of nitrogens with zero attached hydrogens (tertiary/aromatic N) is 1. The first-order valence-electron chi connectivity index (χ1n) is 3.06. The summed E-state index contributed by atoms with van der Waals surface area (Å²) in [7, 11) is 0. The Labute approximate surface area is 65.3 Å². The second kappa shape index (κ2) is 2.96. The summed E-state index contributed by atoms with van der Waals surface area (Å²) in [5.41, 5.74) is -0.651. The van der Waals surface area contributed by atoms with Crippen LogP contribution in [0.2, 0.25) is 0 Å². The molecule has 0 heterocycles. The van der Waals surface area contributed by atoms with Crippen LogP contribution >= 0.6 is 0 Å². The lowest BCUT2D eigenvalue weighted by Gasteiger charge is -2.08. The van der Waals surface area contributed by atoms with E-state index in [1.165, 1.54) is 0 Å². The van der Waals surface area contributed by atoms with Crippen molar-refractivity contribution >= 4 is 0 Å². The maximum Gasteiger partial charge on any atom is 0.252 e. The van der Waals surface area contributed by atoms with Gasteiger partial charge in [-0.3, -0.25) is 10.1 Å². The summed E-state index contributed by atoms with van der Waals surface area (Å²) >= 11 is 0. The van der Waals surface area contributed by atoms with Gasteiger partial charge in [-0.25, -0.2) is 13.2 Å². The van der Waals surface area contributed by atoms with Gasteiger partial charge in [-0.1, -0.05) is 0 Å². The van der Waals surface area contributed by atoms with Gasteiger partial charge in [0, 0.05) is 0 Å². The van der Waals surface area contributed by atoms with Crippen molar-refractivity contribution in [2.24, 2.45) is 0 Å². The Hall–Kier alpha value is -1.33. The Morgan fingerprint density at radius 3 is 2.58 bits per heavy atom. The fourth-order valence-corrected chi connectivity index (χ4v) is 0.824. The maximum atomic E-state index is 12.4. The molecule has 1 rings (SSSR count). The summed E-state index contributed by atoms with van der Waals surface area (Å²) in [6.07, 6.45) is -2.55. The van der Waals surface area contributed by atoms with E-state index in [9.17, 15) is 23.3 Å². The molecule has 0 aliphatic heterocycles. The molecular formula is C6H4F3NO2. The maximum absolute atomic E-state index is 12.4. The third-order valence-corrected chi connectivity index (χ3v) is 1.42. The molecule has 0 aromatic carbocycles. The second-order valence-electron chi connectivity index (χ2n) is 2.26. The molecule has 0 fully saturated rings. The zero-order chi connectivity index (χ0) is 9.30. The summed E-state index contributed by atoms with van der Waals surface area (Å²) in [5, 5.41) is 10.0. The largest absolute Gasteiger partial charge is 0.259 e. The molecule has 1 aliphatic carbocycles. The fourth-order valence-electron chi connectivity index (χ4n) is 0.824. The number of nitro groups is 1. The van der Waals surface area contributed by atoms with Gasteiger partial charge in [-0.15, -0.1) is 0 Å². The van der Waals surface area contributed by atoms with Crippen molar-refractivity contribution in [3.63, 3.8) is 0 Å². The molecule has 0 spiro atoms. The van der Waals surface area contributed by atoms with E-state index >= 15 is 0 Å². The van der Waals surface area contributed by atoms with Gasteiger partial charge in [0.25, 0.3) is 5.70 Å². The van der Waals surface area contributed by atoms with Crippen LogP contribution in [0.5, 0.6) is 0 Å². The van der Waals surface area contributed by atoms with Gasteiger partial charge in [-0.2, -0.15) is 0 Å². The summed E-state index contributed by atoms with van der Waals surface area (Å²) in [4.78, 5) is 9.08. The van der Waals surface area contributed by atoms with E-state index in [1.807, 2.05) is 0 Å². The minimum absolute atomic E-state index is 0.394. The number of allylic oxidation sites excluding steroid dienone is 4. The van der Waals surface area contributed by atoms with Crippen molar-refractivity contribution in [1.82, 2.24) is 0 Å². The summed E-state index contributed by atoms with van der Waals surface area (Å²) in [6, 6.07) is 0. The Kier molecular flexibility index (Phi) is 2.16. The molecule has 0 aromatic heterocycles. The highest BCUT2D eigenvalue weighted by Gasteiger charge is 2.30. The third-order valence-electron chi connectivity index (χ3n) is 1.42. The molecule has 0 aromatic rings. The van der Waals surface area contributed by atoms with Gasteiger partial charge in [0.2, 0.25) is 0 Å². The van der Waals surface area contributed by atoms with Gasteiger partial charge < -0.3 is 0 Å². The lowest BCUT2D eigenvalue weighted by atomic mass is 10.1. The molecule has 0 N–H and O–H groups in total. The van der Waals surface area contributed by atoms with Gasteiger partial charge in [0.05, 0.1) is 17.4 Å². The predicted octanol–water partition coefficient (Wildman–Crippen LogP) is 2.04. The zero-order valence-electron chi connectivity index (χ0n) is 5.76. The highest BCUT2D eigenvalue weighted by atomic mass is 19.2. The van der Waals surface area contributed by atoms with Crippen LogP contribution in [0.3, 0.4) is 0 Å². The Bertz CT molecular complexity index is 285. The normalized spacial score (nSPS) is 23.9. The van der Waals surface area contributed by atoms with Gasteiger partial charge in [0.1, 0.15) is 0 Å². The van der Waals surface area contributed by atoms with Crippen molar-refractivity contribution in [1.29, 1.82) is 0 Å². The minimum Gasteiger partial charge on any atom is -0.259 e. The van der Waals surface area contributed by atoms with E-state index in [0.29, 0.717) is 6.08 Å². The topological polar surface area (TPSA) is 43.1 Å². The van der Waals surface area contributed by atoms with E-state index in [2.05, 4.69) is 0 Å². The first-order valence-corrected chi connectivity index (χ1v) is 3.06. The average Bonchev–Trinajstić information content (AvgIpc) is 1.99. The highest BCUT2D eigenvalue weighted by molar-refractivity contribution is 5.25. The number of halogens is 3. The average molecular weight is 179 g/mol. The molecule has 0 radical (unpaired) electrons. The molecule has 6 heteroatoms. The van der Waals surface area contributed by atoms with Crippen molar-refractivity contribution in [3.8, 4) is 0 Å². The molecule has 0 saturated heterocycles. The first-order chi connectivity index (χ1) is 5.52. The van der Waals surface area contributed by atoms with E-state index in [0.717, 1.165) is 0 Å². The molecule has 3 nitrogen and oxygen atoms in total. The van der Waals surface area contributed by atoms with Crippen molar-refractivity contribution < 1.29 is 18.1 Å². The van der Waals surface area contributed by atoms with Crippen molar-refractivity contribution in [2.75, 3.05) is 0 Å². The molecular weight excluding hydrogens is 175 g/mol. The molecule has 0 amide bonds. The molecule has 1 atom stereocenters. The van der Waals surface area contributed by atoms with Gasteiger partial charge in [0.15, 0.2) is 17.8 Å². The zero-order valence-corrected chi connectivity index (χ0v) is 5.76. The quantitative estimate of drug-likeness (QED) is 0.456. The standard InChI is InChI=1S/C6H4F3NO2/c7-4-1-3(10(11)12)2-5(8)6(4)9/h1,5H,2H2. The molecule has 66 valence electrons. The van der Waals surface area contributed by atoms with Gasteiger partial charge >= 0.3 is 0 Å². The van der Waals surface area contributed by atoms with Crippen LogP contribution in [0.25, 0.3) is 0 Å². The Morgan fingerprint density at radius 2 is 2.17 bits per heavy atom. The summed E-state index contributed by atoms with van der Waals surface area (Å²) in [5.74, 6) is -3.07. The van der Waals surface area contributed by atoms with E-state index in [1.54, 1.807) is 0 Å². The highest BCUT2D eigenvalue weighted by Crippen LogP contribution is 2.28. The molecule has 12 heavy (non-hydrogen) atoms. The van der Waals surface area contributed by atoms with Crippen molar-refractivity contribution in [3.05, 3.63) is 33.5 Å². The number of hydrogen-bond donors (Lipinski definition) is 0. The smallest absolute Gasteiger partial charge is 0.252 e. The third kappa shape index (κ3) is 1.46. The van der Waals surface area contributed by atoms with Crippen LogP contribution in [0, 0.1) is 10.1 Å². The number of rotatable bonds is 1. The molecule has 0 saturated carbocycles. The van der Waals surface area contributed by atoms with E-state index in [4.69, 9.17) is 0 Å². The number of alkyl halides is 1. The summed E-state index contributed by atoms with van der Waals surface area (Å²) in [6.45, 7) is 0. The Balaban J connectivity index is 2.98. The van der Waals surface area contributed by atoms with E-state index < -0.39 is 34.9 Å². The summed E-state index contributed by atoms with van der Waals surface area (Å²) < 4.78 is 37.0. The lowest BCUT2D eigenvalue weighted by molar-refractivity contribution is -0.429. The fraction of sp³-hybridized carbons (Fsp3) is 0.333. The Morgan fingerprint density at radius 1 is 1.58 bits per heavy atom. The van der Waals surface area contributed by atoms with Crippen molar-refractivity contribution in [2.45, 2.75) is 12.6 Å². The van der Waals surface area contributed by atoms with Crippen LogP contribution < -0.4 is 0 Å². The van der Waals surface area contributed by atoms with Crippen LogP contribution in [-0.4, -0.2) is 11.1 Å². The van der Waals surface area contributed by atoms with E-state index in [-0.39, 0.29) is 0 Å². The predicted molar refractivity (Wildman–Crippen MR) is 33.8 cm³/mol. The van der Waals surface area contributed by atoms with Crippen LogP contribution in [0.1, 0.15) is 6.42 Å². The van der Waals surface area contributed by atoms with Crippen LogP contribution in [0.4, 0.5) is 13.2 Å². The van der Waals surface area contributed by atoms with Gasteiger partial charge in [-0.05, 0) is 0 Å². The first kappa shape index (κ1) is 8.76. The lowest BCUT2D eigenvalue weighted by Crippen LogP contribution is -2.13. The minimum atomic E-state index is -2.23. The molecule has 1 unspecified atom stereocenters. The number of hydrogen-bond acceptors (Lipinski definition) is 2. The van der Waals surface area contributed by atoms with Crippen LogP contribution in [0.15, 0.2) is 23.4 Å². The molecule has 1 aliphatic rings. The molecule has 0 bridgehead atoms. The second-order valence-corrected chi connectivity index (χ2v) is 2.26. The monoisotopic (exact) mass is 179 g/mol.